The van der Waals surface area contributed by atoms with E-state index in [0.717, 1.165) is 4.90 Å². The number of Topliss-reactive ketones (excluding diaryl/α,β-unsaturated/α-hetero) is 1. The van der Waals surface area contributed by atoms with E-state index in [1.54, 1.807) is 44.4 Å². The van der Waals surface area contributed by atoms with E-state index in [0.29, 0.717) is 29.2 Å². The summed E-state index contributed by atoms with van der Waals surface area (Å²) in [6.07, 6.45) is 0.316. The third-order valence-corrected chi connectivity index (χ3v) is 5.52. The summed E-state index contributed by atoms with van der Waals surface area (Å²) in [6, 6.07) is 10.8. The summed E-state index contributed by atoms with van der Waals surface area (Å²) in [5.41, 5.74) is -0.0110. The van der Waals surface area contributed by atoms with Gasteiger partial charge in [0, 0.05) is 5.56 Å². The van der Waals surface area contributed by atoms with Crippen LogP contribution < -0.4 is 20.1 Å². The first-order chi connectivity index (χ1) is 14.9. The molecule has 0 aromatic heterocycles. The molecule has 2 heterocycles. The van der Waals surface area contributed by atoms with Crippen LogP contribution in [-0.4, -0.2) is 48.8 Å². The normalized spacial score (nSPS) is 19.9. The monoisotopic (exact) mass is 423 g/mol. The molecule has 2 N–H and O–H groups in total. The Labute approximate surface area is 178 Å². The molecule has 4 amide bonds. The Morgan fingerprint density at radius 1 is 1.16 bits per heavy atom. The standard InChI is InChI=1S/C22H21N3O6/c1-3-22(14-5-7-15(30-2)8-6-14)20(28)25(21(29)24-22)11-17(26)13-4-9-18-16(10-13)23-19(27)12-31-18/h4-10H,3,11-12H2,1-2H3,(H,23,27)(H,24,29). The summed E-state index contributed by atoms with van der Waals surface area (Å²) in [6.45, 7) is 1.28. The molecule has 2 aliphatic heterocycles. The molecule has 2 aliphatic rings. The Morgan fingerprint density at radius 3 is 2.58 bits per heavy atom. The molecule has 9 heteroatoms. The molecule has 160 valence electrons. The first-order valence-corrected chi connectivity index (χ1v) is 9.76. The minimum absolute atomic E-state index is 0.0901. The van der Waals surface area contributed by atoms with Gasteiger partial charge in [0.05, 0.1) is 19.3 Å². The quantitative estimate of drug-likeness (QED) is 0.543. The van der Waals surface area contributed by atoms with Gasteiger partial charge in [-0.05, 0) is 42.3 Å². The summed E-state index contributed by atoms with van der Waals surface area (Å²) in [4.78, 5) is 51.2. The molecule has 0 aliphatic carbocycles. The number of amides is 4. The molecule has 0 radical (unpaired) electrons. The Balaban J connectivity index is 1.57. The molecule has 31 heavy (non-hydrogen) atoms. The number of urea groups is 1. The van der Waals surface area contributed by atoms with Crippen LogP contribution in [0.5, 0.6) is 11.5 Å². The second-order valence-corrected chi connectivity index (χ2v) is 7.28. The first kappa shape index (κ1) is 20.4. The molecule has 4 rings (SSSR count). The summed E-state index contributed by atoms with van der Waals surface area (Å²) in [5.74, 6) is -0.169. The molecular formula is C22H21N3O6. The number of anilines is 1. The van der Waals surface area contributed by atoms with Gasteiger partial charge in [0.2, 0.25) is 0 Å². The highest BCUT2D eigenvalue weighted by Gasteiger charge is 2.51. The number of fused-ring (bicyclic) bond motifs is 1. The van der Waals surface area contributed by atoms with Gasteiger partial charge < -0.3 is 20.1 Å². The topological polar surface area (TPSA) is 114 Å². The summed E-state index contributed by atoms with van der Waals surface area (Å²) < 4.78 is 10.4. The van der Waals surface area contributed by atoms with Crippen LogP contribution in [0.4, 0.5) is 10.5 Å². The number of rotatable bonds is 6. The molecular weight excluding hydrogens is 402 g/mol. The number of benzene rings is 2. The maximum atomic E-state index is 13.2. The zero-order chi connectivity index (χ0) is 22.2. The van der Waals surface area contributed by atoms with Crippen molar-refractivity contribution in [2.75, 3.05) is 25.6 Å². The van der Waals surface area contributed by atoms with Gasteiger partial charge in [-0.3, -0.25) is 19.3 Å². The van der Waals surface area contributed by atoms with Crippen LogP contribution in [0.15, 0.2) is 42.5 Å². The molecule has 1 saturated heterocycles. The van der Waals surface area contributed by atoms with Gasteiger partial charge in [-0.2, -0.15) is 0 Å². The fraction of sp³-hybridized carbons (Fsp3) is 0.273. The molecule has 2 aromatic carbocycles. The van der Waals surface area contributed by atoms with Crippen molar-refractivity contribution in [3.63, 3.8) is 0 Å². The predicted octanol–water partition coefficient (Wildman–Crippen LogP) is 2.07. The molecule has 9 nitrogen and oxygen atoms in total. The molecule has 1 unspecified atom stereocenters. The van der Waals surface area contributed by atoms with E-state index in [1.165, 1.54) is 12.1 Å². The second kappa shape index (κ2) is 7.75. The van der Waals surface area contributed by atoms with Crippen LogP contribution in [0.1, 0.15) is 29.3 Å². The summed E-state index contributed by atoms with van der Waals surface area (Å²) in [5, 5.41) is 5.38. The fourth-order valence-corrected chi connectivity index (χ4v) is 3.78. The van der Waals surface area contributed by atoms with E-state index in [-0.39, 0.29) is 18.1 Å². The van der Waals surface area contributed by atoms with E-state index < -0.39 is 29.8 Å². The van der Waals surface area contributed by atoms with Crippen LogP contribution in [0.2, 0.25) is 0 Å². The number of nitrogens with one attached hydrogen (secondary N) is 2. The zero-order valence-corrected chi connectivity index (χ0v) is 17.1. The number of carbonyl (C=O) groups excluding carboxylic acids is 4. The smallest absolute Gasteiger partial charge is 0.325 e. The number of ketones is 1. The number of imide groups is 1. The van der Waals surface area contributed by atoms with Crippen molar-refractivity contribution >= 4 is 29.3 Å². The van der Waals surface area contributed by atoms with Crippen LogP contribution in [0, 0.1) is 0 Å². The average Bonchev–Trinajstić information content (AvgIpc) is 3.03. The number of hydrogen-bond donors (Lipinski definition) is 2. The number of methoxy groups -OCH3 is 1. The van der Waals surface area contributed by atoms with Gasteiger partial charge in [-0.1, -0.05) is 19.1 Å². The van der Waals surface area contributed by atoms with Crippen molar-refractivity contribution in [2.45, 2.75) is 18.9 Å². The van der Waals surface area contributed by atoms with Gasteiger partial charge in [0.1, 0.15) is 17.0 Å². The van der Waals surface area contributed by atoms with Crippen LogP contribution in [0.25, 0.3) is 0 Å². The fourth-order valence-electron chi connectivity index (χ4n) is 3.78. The van der Waals surface area contributed by atoms with Gasteiger partial charge in [-0.25, -0.2) is 4.79 Å². The van der Waals surface area contributed by atoms with E-state index in [1.807, 2.05) is 0 Å². The maximum absolute atomic E-state index is 13.2. The Bertz CT molecular complexity index is 1080. The van der Waals surface area contributed by atoms with Crippen molar-refractivity contribution in [1.29, 1.82) is 0 Å². The highest BCUT2D eigenvalue weighted by Crippen LogP contribution is 2.34. The Hall–Kier alpha value is -3.88. The maximum Gasteiger partial charge on any atom is 0.325 e. The third-order valence-electron chi connectivity index (χ3n) is 5.52. The van der Waals surface area contributed by atoms with Crippen molar-refractivity contribution in [3.05, 3.63) is 53.6 Å². The largest absolute Gasteiger partial charge is 0.497 e. The van der Waals surface area contributed by atoms with E-state index in [9.17, 15) is 19.2 Å². The van der Waals surface area contributed by atoms with Gasteiger partial charge in [0.25, 0.3) is 11.8 Å². The molecule has 0 saturated carbocycles. The average molecular weight is 423 g/mol. The van der Waals surface area contributed by atoms with E-state index in [2.05, 4.69) is 10.6 Å². The predicted molar refractivity (Wildman–Crippen MR) is 110 cm³/mol. The number of nitrogens with zero attached hydrogens (tertiary/aromatic N) is 1. The summed E-state index contributed by atoms with van der Waals surface area (Å²) in [7, 11) is 1.54. The lowest BCUT2D eigenvalue weighted by Gasteiger charge is -2.26. The minimum Gasteiger partial charge on any atom is -0.497 e. The lowest BCUT2D eigenvalue weighted by atomic mass is 9.87. The number of carbonyl (C=O) groups is 4. The SMILES string of the molecule is CCC1(c2ccc(OC)cc2)NC(=O)N(CC(=O)c2ccc3c(c2)NC(=O)CO3)C1=O. The van der Waals surface area contributed by atoms with Crippen LogP contribution in [0.3, 0.4) is 0 Å². The lowest BCUT2D eigenvalue weighted by Crippen LogP contribution is -2.43. The van der Waals surface area contributed by atoms with Gasteiger partial charge in [0.15, 0.2) is 12.4 Å². The van der Waals surface area contributed by atoms with E-state index in [4.69, 9.17) is 9.47 Å². The Morgan fingerprint density at radius 2 is 1.90 bits per heavy atom. The minimum atomic E-state index is -1.25. The first-order valence-electron chi connectivity index (χ1n) is 9.76. The Kier molecular flexibility index (Phi) is 5.10. The highest BCUT2D eigenvalue weighted by atomic mass is 16.5. The zero-order valence-electron chi connectivity index (χ0n) is 17.1. The second-order valence-electron chi connectivity index (χ2n) is 7.28. The number of ether oxygens (including phenoxy) is 2. The lowest BCUT2D eigenvalue weighted by molar-refractivity contribution is -0.131. The van der Waals surface area contributed by atoms with Crippen molar-refractivity contribution in [1.82, 2.24) is 10.2 Å². The van der Waals surface area contributed by atoms with Crippen LogP contribution in [-0.2, 0) is 15.1 Å². The highest BCUT2D eigenvalue weighted by molar-refractivity contribution is 6.11. The van der Waals surface area contributed by atoms with Crippen molar-refractivity contribution in [2.24, 2.45) is 0 Å². The molecule has 1 atom stereocenters. The van der Waals surface area contributed by atoms with Gasteiger partial charge >= 0.3 is 6.03 Å². The molecule has 1 fully saturated rings. The third kappa shape index (κ3) is 3.48. The van der Waals surface area contributed by atoms with Crippen molar-refractivity contribution in [3.8, 4) is 11.5 Å². The van der Waals surface area contributed by atoms with Gasteiger partial charge in [-0.15, -0.1) is 0 Å². The van der Waals surface area contributed by atoms with Crippen molar-refractivity contribution < 1.29 is 28.7 Å². The van der Waals surface area contributed by atoms with Crippen LogP contribution >= 0.6 is 0 Å². The van der Waals surface area contributed by atoms with E-state index >= 15 is 0 Å². The molecule has 0 spiro atoms. The summed E-state index contributed by atoms with van der Waals surface area (Å²) >= 11 is 0. The molecule has 0 bridgehead atoms. The number of hydrogen-bond acceptors (Lipinski definition) is 6. The molecule has 2 aromatic rings.